The quantitative estimate of drug-likeness (QED) is 0.0431. The number of benzene rings is 3. The van der Waals surface area contributed by atoms with Crippen molar-refractivity contribution in [2.75, 3.05) is 19.9 Å². The molecule has 1 aliphatic rings. The van der Waals surface area contributed by atoms with E-state index >= 15 is 4.57 Å². The van der Waals surface area contributed by atoms with Crippen molar-refractivity contribution in [2.24, 2.45) is 5.41 Å². The highest BCUT2D eigenvalue weighted by atomic mass is 31.2. The molecule has 0 aromatic heterocycles. The van der Waals surface area contributed by atoms with Gasteiger partial charge in [0.2, 0.25) is 12.6 Å². The third-order valence-corrected chi connectivity index (χ3v) is 10.6. The predicted octanol–water partition coefficient (Wildman–Crippen LogP) is 6.73. The van der Waals surface area contributed by atoms with Crippen LogP contribution in [0.4, 0.5) is 4.79 Å². The molecule has 2 unspecified atom stereocenters. The third-order valence-electron chi connectivity index (χ3n) is 8.64. The van der Waals surface area contributed by atoms with E-state index in [0.717, 1.165) is 5.56 Å². The first-order valence-corrected chi connectivity index (χ1v) is 19.8. The van der Waals surface area contributed by atoms with Gasteiger partial charge in [0.15, 0.2) is 0 Å². The van der Waals surface area contributed by atoms with Gasteiger partial charge in [0.1, 0.15) is 18.8 Å². The summed E-state index contributed by atoms with van der Waals surface area (Å²) >= 11 is 0. The Labute approximate surface area is 321 Å². The third kappa shape index (κ3) is 13.3. The Balaban J connectivity index is 1.59. The minimum absolute atomic E-state index is 0.0804. The number of carboxylic acids is 1. The maximum Gasteiger partial charge on any atom is 0.407 e. The number of hydrogen-bond acceptors (Lipinski definition) is 11. The van der Waals surface area contributed by atoms with Crippen molar-refractivity contribution in [2.45, 2.75) is 83.9 Å². The van der Waals surface area contributed by atoms with Gasteiger partial charge in [-0.15, -0.1) is 0 Å². The van der Waals surface area contributed by atoms with E-state index in [0.29, 0.717) is 18.4 Å². The Morgan fingerprint density at radius 3 is 2.11 bits per heavy atom. The van der Waals surface area contributed by atoms with E-state index in [1.165, 1.54) is 17.0 Å². The van der Waals surface area contributed by atoms with E-state index in [1.54, 1.807) is 69.3 Å². The number of alkyl carbamates (subject to hydrolysis) is 1. The largest absolute Gasteiger partial charge is 0.480 e. The van der Waals surface area contributed by atoms with Crippen LogP contribution in [0.25, 0.3) is 0 Å². The van der Waals surface area contributed by atoms with Crippen LogP contribution in [0.3, 0.4) is 0 Å². The Hall–Kier alpha value is -5.04. The second-order valence-electron chi connectivity index (χ2n) is 14.0. The molecule has 55 heavy (non-hydrogen) atoms. The first-order valence-electron chi connectivity index (χ1n) is 18.1. The SMILES string of the molecule is CC(C)(C)C(=O)OCOP(=O)(OC(CCCCNC(=O)OCc1ccccc1)C(=O)N1CCC[C@H]1C(=O)O)[C@@H](Cc1ccccc1)OC(=O)c1ccccc1. The van der Waals surface area contributed by atoms with Crippen LogP contribution in [0.1, 0.15) is 74.4 Å². The highest BCUT2D eigenvalue weighted by molar-refractivity contribution is 7.54. The van der Waals surface area contributed by atoms with Crippen molar-refractivity contribution in [3.63, 3.8) is 0 Å². The molecule has 296 valence electrons. The number of amides is 2. The number of ether oxygens (including phenoxy) is 3. The Morgan fingerprint density at radius 1 is 0.873 bits per heavy atom. The number of hydrogen-bond donors (Lipinski definition) is 2. The normalized spacial score (nSPS) is 16.3. The summed E-state index contributed by atoms with van der Waals surface area (Å²) in [5.41, 5.74) is 0.609. The van der Waals surface area contributed by atoms with Gasteiger partial charge in [0.05, 0.1) is 11.0 Å². The average Bonchev–Trinajstić information content (AvgIpc) is 3.67. The fourth-order valence-electron chi connectivity index (χ4n) is 5.64. The molecule has 15 heteroatoms. The lowest BCUT2D eigenvalue weighted by Gasteiger charge is -2.32. The fourth-order valence-corrected chi connectivity index (χ4v) is 7.41. The topological polar surface area (TPSA) is 184 Å². The Morgan fingerprint density at radius 2 is 1.49 bits per heavy atom. The van der Waals surface area contributed by atoms with Crippen LogP contribution < -0.4 is 5.32 Å². The monoisotopic (exact) mass is 780 g/mol. The van der Waals surface area contributed by atoms with Crippen molar-refractivity contribution < 1.29 is 56.9 Å². The second-order valence-corrected chi connectivity index (χ2v) is 16.1. The summed E-state index contributed by atoms with van der Waals surface area (Å²) in [6, 6.07) is 24.7. The maximum atomic E-state index is 15.2. The highest BCUT2D eigenvalue weighted by Crippen LogP contribution is 2.56. The van der Waals surface area contributed by atoms with Crippen LogP contribution in [0.15, 0.2) is 91.0 Å². The van der Waals surface area contributed by atoms with Gasteiger partial charge in [-0.05, 0) is 76.1 Å². The van der Waals surface area contributed by atoms with Crippen LogP contribution in [-0.4, -0.2) is 77.8 Å². The number of nitrogens with one attached hydrogen (secondary N) is 1. The van der Waals surface area contributed by atoms with Gasteiger partial charge in [-0.25, -0.2) is 14.4 Å². The molecule has 0 spiro atoms. The van der Waals surface area contributed by atoms with Crippen molar-refractivity contribution >= 4 is 37.5 Å². The smallest absolute Gasteiger partial charge is 0.407 e. The molecule has 0 saturated carbocycles. The van der Waals surface area contributed by atoms with Gasteiger partial charge in [-0.3, -0.25) is 23.2 Å². The molecule has 14 nitrogen and oxygen atoms in total. The van der Waals surface area contributed by atoms with Gasteiger partial charge in [0, 0.05) is 19.5 Å². The molecule has 2 amide bonds. The van der Waals surface area contributed by atoms with Crippen LogP contribution in [0, 0.1) is 5.41 Å². The van der Waals surface area contributed by atoms with Gasteiger partial charge in [-0.2, -0.15) is 0 Å². The lowest BCUT2D eigenvalue weighted by Crippen LogP contribution is -2.46. The van der Waals surface area contributed by atoms with Crippen molar-refractivity contribution in [3.05, 3.63) is 108 Å². The lowest BCUT2D eigenvalue weighted by atomic mass is 9.98. The molecule has 1 fully saturated rings. The number of unbranched alkanes of at least 4 members (excludes halogenated alkanes) is 1. The lowest BCUT2D eigenvalue weighted by molar-refractivity contribution is -0.161. The number of carbonyl (C=O) groups excluding carboxylic acids is 4. The number of nitrogens with zero attached hydrogens (tertiary/aromatic N) is 1. The summed E-state index contributed by atoms with van der Waals surface area (Å²) in [5, 5.41) is 12.5. The molecule has 0 aliphatic carbocycles. The van der Waals surface area contributed by atoms with Crippen molar-refractivity contribution in [1.82, 2.24) is 10.2 Å². The first-order chi connectivity index (χ1) is 26.3. The van der Waals surface area contributed by atoms with Gasteiger partial charge >= 0.3 is 31.6 Å². The molecule has 0 radical (unpaired) electrons. The van der Waals surface area contributed by atoms with Crippen LogP contribution in [0.5, 0.6) is 0 Å². The van der Waals surface area contributed by atoms with Gasteiger partial charge in [-0.1, -0.05) is 78.9 Å². The van der Waals surface area contributed by atoms with E-state index in [1.807, 2.05) is 30.3 Å². The maximum absolute atomic E-state index is 15.2. The minimum Gasteiger partial charge on any atom is -0.480 e. The van der Waals surface area contributed by atoms with Crippen molar-refractivity contribution in [3.8, 4) is 0 Å². The number of carbonyl (C=O) groups is 5. The Kier molecular flexibility index (Phi) is 16.0. The number of likely N-dealkylation sites (tertiary alicyclic amines) is 1. The summed E-state index contributed by atoms with van der Waals surface area (Å²) in [7, 11) is -4.79. The van der Waals surface area contributed by atoms with E-state index < -0.39 is 67.7 Å². The van der Waals surface area contributed by atoms with Gasteiger partial charge in [0.25, 0.3) is 5.91 Å². The highest BCUT2D eigenvalue weighted by Gasteiger charge is 2.46. The molecule has 1 saturated heterocycles. The first kappa shape index (κ1) is 42.7. The summed E-state index contributed by atoms with van der Waals surface area (Å²) in [4.78, 5) is 65.9. The van der Waals surface area contributed by atoms with Crippen LogP contribution >= 0.6 is 7.60 Å². The van der Waals surface area contributed by atoms with Crippen LogP contribution in [0.2, 0.25) is 0 Å². The minimum atomic E-state index is -4.79. The molecule has 4 rings (SSSR count). The zero-order chi connectivity index (χ0) is 39.8. The zero-order valence-corrected chi connectivity index (χ0v) is 32.2. The van der Waals surface area contributed by atoms with Crippen LogP contribution in [-0.2, 0) is 55.2 Å². The number of esters is 2. The second kappa shape index (κ2) is 20.6. The fraction of sp³-hybridized carbons (Fsp3) is 0.425. The summed E-state index contributed by atoms with van der Waals surface area (Å²) in [6.07, 6.45) is -1.22. The van der Waals surface area contributed by atoms with E-state index in [-0.39, 0.29) is 50.9 Å². The molecule has 3 aromatic carbocycles. The molecule has 4 atom stereocenters. The number of rotatable bonds is 19. The standard InChI is InChI=1S/C40H49N2O12P/c1-40(2,3)38(47)51-28-52-55(49,34(26-29-16-7-4-8-17-29)53-37(46)31-20-11-6-12-21-31)54-33(35(43)42-25-15-22-32(42)36(44)45)23-13-14-24-41-39(48)50-27-30-18-9-5-10-19-30/h4-12,16-21,32-34H,13-15,22-28H2,1-3H3,(H,41,48)(H,44,45)/t32-,33?,34-,55?/m0/s1. The molecule has 2 N–H and O–H groups in total. The number of aliphatic carboxylic acids is 1. The summed E-state index contributed by atoms with van der Waals surface area (Å²) < 4.78 is 43.5. The van der Waals surface area contributed by atoms with E-state index in [2.05, 4.69) is 5.32 Å². The zero-order valence-electron chi connectivity index (χ0n) is 31.3. The molecule has 1 heterocycles. The molecular formula is C40H49N2O12P. The van der Waals surface area contributed by atoms with Gasteiger partial charge < -0.3 is 29.5 Å². The Bertz CT molecular complexity index is 1770. The van der Waals surface area contributed by atoms with E-state index in [4.69, 9.17) is 23.3 Å². The summed E-state index contributed by atoms with van der Waals surface area (Å²) in [5.74, 6) is -5.11. The molecular weight excluding hydrogens is 731 g/mol. The van der Waals surface area contributed by atoms with E-state index in [9.17, 15) is 29.1 Å². The molecule has 1 aliphatic heterocycles. The average molecular weight is 781 g/mol. The molecule has 3 aromatic rings. The van der Waals surface area contributed by atoms with Crippen molar-refractivity contribution in [1.29, 1.82) is 0 Å². The predicted molar refractivity (Wildman–Crippen MR) is 201 cm³/mol. The molecule has 0 bridgehead atoms. The summed E-state index contributed by atoms with van der Waals surface area (Å²) in [6.45, 7) is 4.36. The number of carboxylic acid groups (broad SMARTS) is 1.